The van der Waals surface area contributed by atoms with Crippen LogP contribution in [0.25, 0.3) is 0 Å². The normalized spacial score (nSPS) is 19.2. The molecular weight excluding hydrogens is 270 g/mol. The van der Waals surface area contributed by atoms with Crippen LogP contribution < -0.4 is 0 Å². The second-order valence-electron chi connectivity index (χ2n) is 6.96. The van der Waals surface area contributed by atoms with Crippen molar-refractivity contribution in [2.24, 2.45) is 4.99 Å². The van der Waals surface area contributed by atoms with Crippen LogP contribution in [0, 0.1) is 0 Å². The molecule has 122 valence electrons. The van der Waals surface area contributed by atoms with E-state index in [1.165, 1.54) is 75.6 Å². The third kappa shape index (κ3) is 6.10. The maximum atomic E-state index is 5.07. The van der Waals surface area contributed by atoms with Gasteiger partial charge in [-0.2, -0.15) is 0 Å². The molecule has 2 heteroatoms. The third-order valence-corrected chi connectivity index (χ3v) is 10.1. The Balaban J connectivity index is 2.94. The van der Waals surface area contributed by atoms with Gasteiger partial charge in [0.2, 0.25) is 0 Å². The zero-order chi connectivity index (χ0) is 15.6. The Morgan fingerprint density at radius 1 is 1.00 bits per heavy atom. The summed E-state index contributed by atoms with van der Waals surface area (Å²) < 4.78 is 0. The highest BCUT2D eigenvalue weighted by molar-refractivity contribution is 6.89. The van der Waals surface area contributed by atoms with Crippen molar-refractivity contribution < 1.29 is 0 Å². The Labute approximate surface area is 134 Å². The molecule has 0 aromatic heterocycles. The fourth-order valence-electron chi connectivity index (χ4n) is 3.99. The Bertz CT molecular complexity index is 337. The molecule has 0 aromatic carbocycles. The summed E-state index contributed by atoms with van der Waals surface area (Å²) in [6, 6.07) is 2.86. The SMILES string of the molecule is C/C=C(\C1=NCCCCCCCC1)[Si](C)(CCC)CCC. The first-order chi connectivity index (χ1) is 10.2. The number of rotatable bonds is 6. The van der Waals surface area contributed by atoms with Crippen molar-refractivity contribution in [1.29, 1.82) is 0 Å². The van der Waals surface area contributed by atoms with Crippen molar-refractivity contribution >= 4 is 13.8 Å². The van der Waals surface area contributed by atoms with Gasteiger partial charge in [-0.25, -0.2) is 0 Å². The predicted octanol–water partition coefficient (Wildman–Crippen LogP) is 6.56. The number of nitrogens with zero attached hydrogens (tertiary/aromatic N) is 1. The zero-order valence-electron chi connectivity index (χ0n) is 15.0. The van der Waals surface area contributed by atoms with Crippen LogP contribution in [0.1, 0.15) is 78.6 Å². The minimum absolute atomic E-state index is 1.06. The summed E-state index contributed by atoms with van der Waals surface area (Å²) in [7, 11) is -1.30. The molecule has 0 fully saturated rings. The van der Waals surface area contributed by atoms with E-state index in [1.54, 1.807) is 5.20 Å². The smallest absolute Gasteiger partial charge is 0.0855 e. The van der Waals surface area contributed by atoms with Gasteiger partial charge in [0.15, 0.2) is 0 Å². The van der Waals surface area contributed by atoms with Crippen LogP contribution >= 0.6 is 0 Å². The summed E-state index contributed by atoms with van der Waals surface area (Å²) in [5.74, 6) is 0. The van der Waals surface area contributed by atoms with Gasteiger partial charge in [-0.1, -0.05) is 77.1 Å². The highest BCUT2D eigenvalue weighted by atomic mass is 28.3. The quantitative estimate of drug-likeness (QED) is 0.493. The summed E-state index contributed by atoms with van der Waals surface area (Å²) in [6.07, 6.45) is 14.6. The molecule has 21 heavy (non-hydrogen) atoms. The van der Waals surface area contributed by atoms with Crippen LogP contribution in [0.3, 0.4) is 0 Å². The van der Waals surface area contributed by atoms with E-state index in [9.17, 15) is 0 Å². The second-order valence-corrected chi connectivity index (χ2v) is 11.6. The molecular formula is C19H37NSi. The highest BCUT2D eigenvalue weighted by Crippen LogP contribution is 2.30. The first kappa shape index (κ1) is 18.7. The van der Waals surface area contributed by atoms with E-state index in [-0.39, 0.29) is 0 Å². The first-order valence-electron chi connectivity index (χ1n) is 9.38. The van der Waals surface area contributed by atoms with Crippen LogP contribution in [0.15, 0.2) is 16.3 Å². The number of allylic oxidation sites excluding steroid dienone is 2. The molecule has 0 N–H and O–H groups in total. The number of hydrogen-bond acceptors (Lipinski definition) is 1. The summed E-state index contributed by atoms with van der Waals surface area (Å²) in [4.78, 5) is 5.07. The lowest BCUT2D eigenvalue weighted by molar-refractivity contribution is 0.596. The van der Waals surface area contributed by atoms with Crippen molar-refractivity contribution in [2.45, 2.75) is 97.2 Å². The molecule has 1 aliphatic rings. The minimum atomic E-state index is -1.30. The summed E-state index contributed by atoms with van der Waals surface area (Å²) >= 11 is 0. The van der Waals surface area contributed by atoms with E-state index < -0.39 is 8.07 Å². The van der Waals surface area contributed by atoms with Crippen LogP contribution in [-0.4, -0.2) is 20.3 Å². The van der Waals surface area contributed by atoms with Crippen molar-refractivity contribution in [3.8, 4) is 0 Å². The molecule has 0 bridgehead atoms. The Kier molecular flexibility index (Phi) is 9.22. The van der Waals surface area contributed by atoms with Gasteiger partial charge in [0.25, 0.3) is 0 Å². The molecule has 0 saturated carbocycles. The molecule has 0 aromatic rings. The Morgan fingerprint density at radius 3 is 2.14 bits per heavy atom. The van der Waals surface area contributed by atoms with Gasteiger partial charge in [-0.05, 0) is 31.4 Å². The monoisotopic (exact) mass is 307 g/mol. The molecule has 0 aliphatic carbocycles. The maximum Gasteiger partial charge on any atom is 0.0855 e. The molecule has 0 radical (unpaired) electrons. The molecule has 1 heterocycles. The van der Waals surface area contributed by atoms with Crippen molar-refractivity contribution in [3.63, 3.8) is 0 Å². The van der Waals surface area contributed by atoms with Gasteiger partial charge in [0.05, 0.1) is 8.07 Å². The largest absolute Gasteiger partial charge is 0.290 e. The summed E-state index contributed by atoms with van der Waals surface area (Å²) in [6.45, 7) is 10.6. The lowest BCUT2D eigenvalue weighted by Crippen LogP contribution is -2.37. The molecule has 1 aliphatic heterocycles. The lowest BCUT2D eigenvalue weighted by Gasteiger charge is -2.31. The van der Waals surface area contributed by atoms with E-state index in [0.29, 0.717) is 0 Å². The highest BCUT2D eigenvalue weighted by Gasteiger charge is 2.31. The van der Waals surface area contributed by atoms with Crippen molar-refractivity contribution in [1.82, 2.24) is 0 Å². The first-order valence-corrected chi connectivity index (χ1v) is 12.3. The van der Waals surface area contributed by atoms with Gasteiger partial charge >= 0.3 is 0 Å². The van der Waals surface area contributed by atoms with E-state index in [0.717, 1.165) is 6.54 Å². The minimum Gasteiger partial charge on any atom is -0.290 e. The molecule has 0 unspecified atom stereocenters. The fourth-order valence-corrected chi connectivity index (χ4v) is 8.58. The summed E-state index contributed by atoms with van der Waals surface area (Å²) in [5, 5.41) is 1.70. The van der Waals surface area contributed by atoms with E-state index in [4.69, 9.17) is 4.99 Å². The average Bonchev–Trinajstić information content (AvgIpc) is 2.46. The van der Waals surface area contributed by atoms with E-state index >= 15 is 0 Å². The van der Waals surface area contributed by atoms with Crippen LogP contribution in [0.4, 0.5) is 0 Å². The average molecular weight is 308 g/mol. The molecule has 0 atom stereocenters. The predicted molar refractivity (Wildman–Crippen MR) is 100 cm³/mol. The van der Waals surface area contributed by atoms with Gasteiger partial charge < -0.3 is 0 Å². The van der Waals surface area contributed by atoms with Crippen LogP contribution in [-0.2, 0) is 0 Å². The zero-order valence-corrected chi connectivity index (χ0v) is 16.0. The van der Waals surface area contributed by atoms with Crippen LogP contribution in [0.2, 0.25) is 18.6 Å². The van der Waals surface area contributed by atoms with E-state index in [1.807, 2.05) is 0 Å². The molecule has 1 rings (SSSR count). The van der Waals surface area contributed by atoms with E-state index in [2.05, 4.69) is 33.4 Å². The second kappa shape index (κ2) is 10.4. The van der Waals surface area contributed by atoms with Gasteiger partial charge in [0, 0.05) is 12.3 Å². The lowest BCUT2D eigenvalue weighted by atomic mass is 10.1. The standard InChI is InChI=1S/C19H37NSi/c1-5-16-21(4,17-6-2)19(7-3)18-14-12-10-8-9-11-13-15-20-18/h7H,5-6,8-17H2,1-4H3/b19-7+,20-18?. The summed E-state index contributed by atoms with van der Waals surface area (Å²) in [5.41, 5.74) is 1.50. The third-order valence-electron chi connectivity index (χ3n) is 4.98. The molecule has 0 spiro atoms. The molecule has 0 amide bonds. The van der Waals surface area contributed by atoms with Crippen molar-refractivity contribution in [2.75, 3.05) is 6.54 Å². The topological polar surface area (TPSA) is 12.4 Å². The van der Waals surface area contributed by atoms with Crippen LogP contribution in [0.5, 0.6) is 0 Å². The molecule has 1 nitrogen and oxygen atoms in total. The van der Waals surface area contributed by atoms with Gasteiger partial charge in [-0.15, -0.1) is 0 Å². The Morgan fingerprint density at radius 2 is 1.57 bits per heavy atom. The molecule has 0 saturated heterocycles. The maximum absolute atomic E-state index is 5.07. The number of aliphatic imine (C=N–C) groups is 1. The number of hydrogen-bond donors (Lipinski definition) is 0. The van der Waals surface area contributed by atoms with Gasteiger partial charge in [0.1, 0.15) is 0 Å². The van der Waals surface area contributed by atoms with Crippen molar-refractivity contribution in [3.05, 3.63) is 11.3 Å². The fraction of sp³-hybridized carbons (Fsp3) is 0.842. The Hall–Kier alpha value is -0.373. The van der Waals surface area contributed by atoms with Gasteiger partial charge in [-0.3, -0.25) is 4.99 Å².